The van der Waals surface area contributed by atoms with Gasteiger partial charge in [-0.1, -0.05) is 0 Å². The first-order valence-electron chi connectivity index (χ1n) is 4.15. The highest BCUT2D eigenvalue weighted by Crippen LogP contribution is 2.21. The number of ether oxygens (including phenoxy) is 2. The van der Waals surface area contributed by atoms with Gasteiger partial charge >= 0.3 is 0 Å². The quantitative estimate of drug-likeness (QED) is 0.614. The Balaban J connectivity index is 1.99. The molecule has 1 unspecified atom stereocenters. The van der Waals surface area contributed by atoms with Crippen LogP contribution in [-0.4, -0.2) is 39.0 Å². The van der Waals surface area contributed by atoms with Crippen molar-refractivity contribution in [2.75, 3.05) is 13.2 Å². The van der Waals surface area contributed by atoms with Gasteiger partial charge in [0.15, 0.2) is 6.23 Å². The SMILES string of the molecule is CC1(C)COC(n2cnnn2)CO1. The Hall–Kier alpha value is -1.01. The van der Waals surface area contributed by atoms with Gasteiger partial charge < -0.3 is 9.47 Å². The third kappa shape index (κ3) is 1.84. The zero-order valence-electron chi connectivity index (χ0n) is 7.67. The highest BCUT2D eigenvalue weighted by atomic mass is 16.6. The van der Waals surface area contributed by atoms with Crippen molar-refractivity contribution < 1.29 is 9.47 Å². The van der Waals surface area contributed by atoms with E-state index >= 15 is 0 Å². The van der Waals surface area contributed by atoms with E-state index in [9.17, 15) is 0 Å². The van der Waals surface area contributed by atoms with Crippen LogP contribution in [-0.2, 0) is 9.47 Å². The van der Waals surface area contributed by atoms with E-state index in [0.717, 1.165) is 0 Å². The fourth-order valence-corrected chi connectivity index (χ4v) is 1.14. The van der Waals surface area contributed by atoms with Crippen LogP contribution in [0.3, 0.4) is 0 Å². The summed E-state index contributed by atoms with van der Waals surface area (Å²) in [7, 11) is 0. The lowest BCUT2D eigenvalue weighted by molar-refractivity contribution is -0.201. The summed E-state index contributed by atoms with van der Waals surface area (Å²) in [5, 5.41) is 10.8. The molecule has 6 nitrogen and oxygen atoms in total. The van der Waals surface area contributed by atoms with E-state index in [1.165, 1.54) is 6.33 Å². The summed E-state index contributed by atoms with van der Waals surface area (Å²) in [4.78, 5) is 0. The highest BCUT2D eigenvalue weighted by molar-refractivity contribution is 4.73. The van der Waals surface area contributed by atoms with E-state index in [-0.39, 0.29) is 11.8 Å². The maximum absolute atomic E-state index is 5.56. The predicted octanol–water partition coefficient (Wildman–Crippen LogP) is -0.00290. The highest BCUT2D eigenvalue weighted by Gasteiger charge is 2.29. The Labute approximate surface area is 75.8 Å². The zero-order chi connectivity index (χ0) is 9.31. The first-order valence-corrected chi connectivity index (χ1v) is 4.15. The number of hydrogen-bond acceptors (Lipinski definition) is 5. The molecule has 1 atom stereocenters. The summed E-state index contributed by atoms with van der Waals surface area (Å²) in [6, 6.07) is 0. The van der Waals surface area contributed by atoms with Gasteiger partial charge in [-0.2, -0.15) is 0 Å². The van der Waals surface area contributed by atoms with E-state index in [0.29, 0.717) is 13.2 Å². The minimum absolute atomic E-state index is 0.192. The minimum atomic E-state index is -0.204. The van der Waals surface area contributed by atoms with Crippen LogP contribution in [0.15, 0.2) is 6.33 Å². The molecule has 1 aliphatic heterocycles. The van der Waals surface area contributed by atoms with E-state index < -0.39 is 0 Å². The van der Waals surface area contributed by atoms with E-state index in [2.05, 4.69) is 15.5 Å². The maximum Gasteiger partial charge on any atom is 0.177 e. The van der Waals surface area contributed by atoms with Crippen molar-refractivity contribution in [2.45, 2.75) is 25.7 Å². The Morgan fingerprint density at radius 3 is 2.92 bits per heavy atom. The van der Waals surface area contributed by atoms with Crippen molar-refractivity contribution >= 4 is 0 Å². The summed E-state index contributed by atoms with van der Waals surface area (Å²) in [5.41, 5.74) is -0.204. The van der Waals surface area contributed by atoms with E-state index in [1.807, 2.05) is 13.8 Å². The van der Waals surface area contributed by atoms with Crippen molar-refractivity contribution in [1.82, 2.24) is 20.2 Å². The van der Waals surface area contributed by atoms with Gasteiger partial charge in [0.2, 0.25) is 0 Å². The second-order valence-corrected chi connectivity index (χ2v) is 3.63. The third-order valence-corrected chi connectivity index (χ3v) is 1.90. The molecule has 0 radical (unpaired) electrons. The normalized spacial score (nSPS) is 27.4. The molecule has 0 bridgehead atoms. The zero-order valence-corrected chi connectivity index (χ0v) is 7.67. The van der Waals surface area contributed by atoms with Crippen LogP contribution in [0, 0.1) is 0 Å². The Morgan fingerprint density at radius 1 is 1.54 bits per heavy atom. The van der Waals surface area contributed by atoms with Gasteiger partial charge in [-0.05, 0) is 24.3 Å². The standard InChI is InChI=1S/C7H12N4O2/c1-7(2)4-12-6(3-13-7)11-5-8-9-10-11/h5-6H,3-4H2,1-2H3. The number of rotatable bonds is 1. The summed E-state index contributed by atoms with van der Waals surface area (Å²) in [5.74, 6) is 0. The fourth-order valence-electron chi connectivity index (χ4n) is 1.14. The molecule has 1 fully saturated rings. The molecule has 1 aromatic heterocycles. The lowest BCUT2D eigenvalue weighted by atomic mass is 10.1. The molecule has 1 saturated heterocycles. The van der Waals surface area contributed by atoms with Crippen molar-refractivity contribution in [2.24, 2.45) is 0 Å². The largest absolute Gasteiger partial charge is 0.368 e. The molecule has 13 heavy (non-hydrogen) atoms. The van der Waals surface area contributed by atoms with Crippen LogP contribution >= 0.6 is 0 Å². The Morgan fingerprint density at radius 2 is 2.38 bits per heavy atom. The van der Waals surface area contributed by atoms with Crippen LogP contribution in [0.2, 0.25) is 0 Å². The summed E-state index contributed by atoms with van der Waals surface area (Å²) >= 11 is 0. The molecule has 6 heteroatoms. The Kier molecular flexibility index (Phi) is 2.01. The van der Waals surface area contributed by atoms with Gasteiger partial charge in [-0.3, -0.25) is 0 Å². The molecule has 2 heterocycles. The van der Waals surface area contributed by atoms with E-state index in [4.69, 9.17) is 9.47 Å². The third-order valence-electron chi connectivity index (χ3n) is 1.90. The summed E-state index contributed by atoms with van der Waals surface area (Å²) in [6.45, 7) is 5.02. The molecule has 0 aliphatic carbocycles. The topological polar surface area (TPSA) is 62.1 Å². The smallest absolute Gasteiger partial charge is 0.177 e. The molecule has 72 valence electrons. The first-order chi connectivity index (χ1) is 6.17. The van der Waals surface area contributed by atoms with Crippen molar-refractivity contribution in [3.05, 3.63) is 6.33 Å². The molecular formula is C7H12N4O2. The average molecular weight is 184 g/mol. The molecular weight excluding hydrogens is 172 g/mol. The predicted molar refractivity (Wildman–Crippen MR) is 42.8 cm³/mol. The van der Waals surface area contributed by atoms with Crippen LogP contribution < -0.4 is 0 Å². The molecule has 0 saturated carbocycles. The molecule has 2 rings (SSSR count). The number of tetrazole rings is 1. The first kappa shape index (κ1) is 8.58. The number of nitrogens with zero attached hydrogens (tertiary/aromatic N) is 4. The second kappa shape index (κ2) is 3.04. The molecule has 1 aliphatic rings. The van der Waals surface area contributed by atoms with Gasteiger partial charge in [0.1, 0.15) is 6.33 Å². The van der Waals surface area contributed by atoms with Crippen LogP contribution in [0.5, 0.6) is 0 Å². The summed E-state index contributed by atoms with van der Waals surface area (Å²) < 4.78 is 12.6. The lowest BCUT2D eigenvalue weighted by Gasteiger charge is -2.34. The number of aromatic nitrogens is 4. The van der Waals surface area contributed by atoms with E-state index in [1.54, 1.807) is 4.68 Å². The van der Waals surface area contributed by atoms with Crippen molar-refractivity contribution in [3.63, 3.8) is 0 Å². The van der Waals surface area contributed by atoms with Gasteiger partial charge in [-0.25, -0.2) is 4.68 Å². The van der Waals surface area contributed by atoms with Crippen molar-refractivity contribution in [3.8, 4) is 0 Å². The Bertz CT molecular complexity index is 262. The van der Waals surface area contributed by atoms with Crippen molar-refractivity contribution in [1.29, 1.82) is 0 Å². The lowest BCUT2D eigenvalue weighted by Crippen LogP contribution is -2.40. The second-order valence-electron chi connectivity index (χ2n) is 3.63. The van der Waals surface area contributed by atoms with Gasteiger partial charge in [-0.15, -0.1) is 5.10 Å². The summed E-state index contributed by atoms with van der Waals surface area (Å²) in [6.07, 6.45) is 1.33. The monoisotopic (exact) mass is 184 g/mol. The minimum Gasteiger partial charge on any atom is -0.368 e. The maximum atomic E-state index is 5.56. The molecule has 0 aromatic carbocycles. The van der Waals surface area contributed by atoms with Gasteiger partial charge in [0.25, 0.3) is 0 Å². The van der Waals surface area contributed by atoms with Crippen LogP contribution in [0.25, 0.3) is 0 Å². The number of hydrogen-bond donors (Lipinski definition) is 0. The molecule has 0 N–H and O–H groups in total. The molecule has 1 aromatic rings. The fraction of sp³-hybridized carbons (Fsp3) is 0.857. The average Bonchev–Trinajstić information content (AvgIpc) is 2.56. The molecule has 0 amide bonds. The van der Waals surface area contributed by atoms with Crippen LogP contribution in [0.1, 0.15) is 20.1 Å². The van der Waals surface area contributed by atoms with Gasteiger partial charge in [0.05, 0.1) is 18.8 Å². The van der Waals surface area contributed by atoms with Gasteiger partial charge in [0, 0.05) is 0 Å². The molecule has 0 spiro atoms. The van der Waals surface area contributed by atoms with Crippen LogP contribution in [0.4, 0.5) is 0 Å².